The molecule has 2 amide bonds. The Morgan fingerprint density at radius 3 is 2.52 bits per heavy atom. The molecule has 1 atom stereocenters. The monoisotopic (exact) mass is 444 g/mol. The van der Waals surface area contributed by atoms with Crippen LogP contribution in [0.4, 0.5) is 5.69 Å². The number of fused-ring (bicyclic) bond motifs is 1. The fraction of sp³-hybridized carbons (Fsp3) is 0.391. The van der Waals surface area contributed by atoms with Crippen LogP contribution in [0.3, 0.4) is 0 Å². The van der Waals surface area contributed by atoms with Gasteiger partial charge in [-0.2, -0.15) is 0 Å². The summed E-state index contributed by atoms with van der Waals surface area (Å²) >= 11 is 0. The third kappa shape index (κ3) is 5.25. The number of carbonyl (C=O) groups is 2. The SMILES string of the molecule is CCC(=O)N1c2ccc(S(=O)(=O)CCC(=O)NCc3ccc(OC)cc3)cc2C[C@H]1C. The second-order valence-corrected chi connectivity index (χ2v) is 9.76. The highest BCUT2D eigenvalue weighted by Crippen LogP contribution is 2.34. The van der Waals surface area contributed by atoms with Crippen LogP contribution in [0.5, 0.6) is 5.75 Å². The van der Waals surface area contributed by atoms with E-state index in [1.807, 2.05) is 26.0 Å². The van der Waals surface area contributed by atoms with Crippen molar-refractivity contribution in [3.05, 3.63) is 53.6 Å². The van der Waals surface area contributed by atoms with Crippen molar-refractivity contribution in [3.8, 4) is 5.75 Å². The minimum atomic E-state index is -3.61. The normalized spacial score (nSPS) is 15.5. The van der Waals surface area contributed by atoms with Crippen molar-refractivity contribution in [1.29, 1.82) is 0 Å². The van der Waals surface area contributed by atoms with Crippen LogP contribution in [0.2, 0.25) is 0 Å². The smallest absolute Gasteiger partial charge is 0.226 e. The Morgan fingerprint density at radius 1 is 1.16 bits per heavy atom. The number of carbonyl (C=O) groups excluding carboxylic acids is 2. The van der Waals surface area contributed by atoms with Gasteiger partial charge in [-0.1, -0.05) is 19.1 Å². The number of ether oxygens (including phenoxy) is 1. The zero-order chi connectivity index (χ0) is 22.6. The van der Waals surface area contributed by atoms with Crippen LogP contribution in [0.15, 0.2) is 47.4 Å². The van der Waals surface area contributed by atoms with Gasteiger partial charge in [0.1, 0.15) is 5.75 Å². The zero-order valence-electron chi connectivity index (χ0n) is 18.1. The van der Waals surface area contributed by atoms with Crippen molar-refractivity contribution in [2.75, 3.05) is 17.8 Å². The highest BCUT2D eigenvalue weighted by atomic mass is 32.2. The molecule has 0 spiro atoms. The van der Waals surface area contributed by atoms with E-state index in [4.69, 9.17) is 4.74 Å². The Hall–Kier alpha value is -2.87. The first-order valence-electron chi connectivity index (χ1n) is 10.3. The van der Waals surface area contributed by atoms with Gasteiger partial charge in [-0.25, -0.2) is 8.42 Å². The molecule has 31 heavy (non-hydrogen) atoms. The molecule has 0 saturated heterocycles. The van der Waals surface area contributed by atoms with Gasteiger partial charge in [0, 0.05) is 31.1 Å². The lowest BCUT2D eigenvalue weighted by Gasteiger charge is -2.22. The number of nitrogens with one attached hydrogen (secondary N) is 1. The molecule has 0 saturated carbocycles. The molecule has 1 aliphatic rings. The summed E-state index contributed by atoms with van der Waals surface area (Å²) in [5.41, 5.74) is 2.52. The number of rotatable bonds is 8. The first kappa shape index (κ1) is 22.8. The molecule has 1 N–H and O–H groups in total. The lowest BCUT2D eigenvalue weighted by molar-refractivity contribution is -0.121. The van der Waals surface area contributed by atoms with Gasteiger partial charge in [-0.15, -0.1) is 0 Å². The summed E-state index contributed by atoms with van der Waals surface area (Å²) in [4.78, 5) is 26.3. The second-order valence-electron chi connectivity index (χ2n) is 7.65. The minimum Gasteiger partial charge on any atom is -0.497 e. The third-order valence-corrected chi connectivity index (χ3v) is 7.16. The molecule has 0 bridgehead atoms. The van der Waals surface area contributed by atoms with E-state index in [0.29, 0.717) is 19.4 Å². The van der Waals surface area contributed by atoms with Crippen LogP contribution in [-0.2, 0) is 32.4 Å². The Balaban J connectivity index is 1.60. The van der Waals surface area contributed by atoms with E-state index in [0.717, 1.165) is 22.6 Å². The van der Waals surface area contributed by atoms with Gasteiger partial charge in [0.05, 0.1) is 17.8 Å². The van der Waals surface area contributed by atoms with Crippen LogP contribution in [-0.4, -0.2) is 39.1 Å². The first-order chi connectivity index (χ1) is 14.7. The van der Waals surface area contributed by atoms with Crippen LogP contribution < -0.4 is 15.0 Å². The summed E-state index contributed by atoms with van der Waals surface area (Å²) in [5.74, 6) is 0.157. The molecule has 0 fully saturated rings. The van der Waals surface area contributed by atoms with Gasteiger partial charge in [-0.3, -0.25) is 9.59 Å². The van der Waals surface area contributed by atoms with Crippen molar-refractivity contribution >= 4 is 27.3 Å². The maximum absolute atomic E-state index is 12.8. The fourth-order valence-corrected chi connectivity index (χ4v) is 5.02. The average Bonchev–Trinajstić information content (AvgIpc) is 3.11. The number of nitrogens with zero attached hydrogens (tertiary/aromatic N) is 1. The number of anilines is 1. The highest BCUT2D eigenvalue weighted by molar-refractivity contribution is 7.91. The molecule has 0 aromatic heterocycles. The molecule has 7 nitrogen and oxygen atoms in total. The van der Waals surface area contributed by atoms with E-state index in [9.17, 15) is 18.0 Å². The fourth-order valence-electron chi connectivity index (χ4n) is 3.73. The van der Waals surface area contributed by atoms with E-state index in [2.05, 4.69) is 5.32 Å². The molecular weight excluding hydrogens is 416 g/mol. The number of amides is 2. The van der Waals surface area contributed by atoms with Gasteiger partial charge in [0.15, 0.2) is 9.84 Å². The van der Waals surface area contributed by atoms with Crippen molar-refractivity contribution < 1.29 is 22.7 Å². The second kappa shape index (κ2) is 9.51. The molecular formula is C23H28N2O5S. The van der Waals surface area contributed by atoms with Crippen molar-refractivity contribution in [1.82, 2.24) is 5.32 Å². The zero-order valence-corrected chi connectivity index (χ0v) is 18.9. The number of benzene rings is 2. The number of hydrogen-bond acceptors (Lipinski definition) is 5. The van der Waals surface area contributed by atoms with Crippen LogP contribution in [0, 0.1) is 0 Å². The summed E-state index contributed by atoms with van der Waals surface area (Å²) < 4.78 is 30.6. The number of methoxy groups -OCH3 is 1. The minimum absolute atomic E-state index is 0.00383. The molecule has 1 aliphatic heterocycles. The van der Waals surface area contributed by atoms with E-state index >= 15 is 0 Å². The van der Waals surface area contributed by atoms with E-state index in [1.165, 1.54) is 6.07 Å². The Labute approximate surface area is 183 Å². The van der Waals surface area contributed by atoms with Gasteiger partial charge < -0.3 is 15.0 Å². The summed E-state index contributed by atoms with van der Waals surface area (Å²) in [5, 5.41) is 2.74. The molecule has 0 unspecified atom stereocenters. The van der Waals surface area contributed by atoms with Gasteiger partial charge >= 0.3 is 0 Å². The number of hydrogen-bond donors (Lipinski definition) is 1. The lowest BCUT2D eigenvalue weighted by atomic mass is 10.1. The van der Waals surface area contributed by atoms with Crippen molar-refractivity contribution in [2.24, 2.45) is 0 Å². The molecule has 0 radical (unpaired) electrons. The third-order valence-electron chi connectivity index (χ3n) is 5.44. The molecule has 166 valence electrons. The lowest BCUT2D eigenvalue weighted by Crippen LogP contribution is -2.35. The maximum atomic E-state index is 12.8. The standard InChI is InChI=1S/C23H28N2O5S/c1-4-23(27)25-16(2)13-18-14-20(9-10-21(18)25)31(28,29)12-11-22(26)24-15-17-5-7-19(30-3)8-6-17/h5-10,14,16H,4,11-13,15H2,1-3H3,(H,24,26)/t16-/m1/s1. The van der Waals surface area contributed by atoms with Gasteiger partial charge in [0.2, 0.25) is 11.8 Å². The van der Waals surface area contributed by atoms with Crippen LogP contribution in [0.1, 0.15) is 37.8 Å². The maximum Gasteiger partial charge on any atom is 0.226 e. The molecule has 8 heteroatoms. The molecule has 2 aromatic carbocycles. The summed E-state index contributed by atoms with van der Waals surface area (Å²) in [6.45, 7) is 4.08. The average molecular weight is 445 g/mol. The Bertz CT molecular complexity index is 1060. The highest BCUT2D eigenvalue weighted by Gasteiger charge is 2.31. The van der Waals surface area contributed by atoms with Gasteiger partial charge in [0.25, 0.3) is 0 Å². The van der Waals surface area contributed by atoms with Gasteiger partial charge in [-0.05, 0) is 54.8 Å². The quantitative estimate of drug-likeness (QED) is 0.676. The topological polar surface area (TPSA) is 92.8 Å². The number of sulfone groups is 1. The largest absolute Gasteiger partial charge is 0.497 e. The van der Waals surface area contributed by atoms with Crippen LogP contribution in [0.25, 0.3) is 0 Å². The summed E-state index contributed by atoms with van der Waals surface area (Å²) in [6, 6.07) is 12.2. The van der Waals surface area contributed by atoms with E-state index in [-0.39, 0.29) is 34.9 Å². The van der Waals surface area contributed by atoms with E-state index < -0.39 is 9.84 Å². The van der Waals surface area contributed by atoms with E-state index in [1.54, 1.807) is 36.3 Å². The Morgan fingerprint density at radius 2 is 1.87 bits per heavy atom. The summed E-state index contributed by atoms with van der Waals surface area (Å²) in [7, 11) is -2.03. The molecule has 1 heterocycles. The predicted octanol–water partition coefficient (Wildman–Crippen LogP) is 2.86. The predicted molar refractivity (Wildman–Crippen MR) is 119 cm³/mol. The summed E-state index contributed by atoms with van der Waals surface area (Å²) in [6.07, 6.45) is 0.897. The Kier molecular flexibility index (Phi) is 7.00. The molecule has 3 rings (SSSR count). The molecule has 2 aromatic rings. The van der Waals surface area contributed by atoms with Crippen LogP contribution >= 0.6 is 0 Å². The molecule has 0 aliphatic carbocycles. The first-order valence-corrected chi connectivity index (χ1v) is 12.0. The van der Waals surface area contributed by atoms with Crippen molar-refractivity contribution in [3.63, 3.8) is 0 Å². The van der Waals surface area contributed by atoms with Crippen molar-refractivity contribution in [2.45, 2.75) is 50.6 Å².